The Morgan fingerprint density at radius 1 is 1.36 bits per heavy atom. The Morgan fingerprint density at radius 3 is 2.71 bits per heavy atom. The maximum atomic E-state index is 11.9. The van der Waals surface area contributed by atoms with Crippen molar-refractivity contribution in [3.05, 3.63) is 0 Å². The van der Waals surface area contributed by atoms with Crippen LogP contribution in [0.1, 0.15) is 20.3 Å². The molecule has 1 aliphatic rings. The minimum Gasteiger partial charge on any atom is -0.380 e. The number of carbonyl (C=O) groups excluding carboxylic acids is 1. The molecule has 1 fully saturated rings. The van der Waals surface area contributed by atoms with E-state index in [2.05, 4.69) is 12.6 Å². The first kappa shape index (κ1) is 11.9. The van der Waals surface area contributed by atoms with E-state index in [0.29, 0.717) is 13.2 Å². The van der Waals surface area contributed by atoms with Crippen LogP contribution in [0.25, 0.3) is 0 Å². The van der Waals surface area contributed by atoms with Gasteiger partial charge in [0.2, 0.25) is 5.91 Å². The molecule has 0 bridgehead atoms. The Bertz CT molecular complexity index is 189. The fraction of sp³-hybridized carbons (Fsp3) is 0.900. The summed E-state index contributed by atoms with van der Waals surface area (Å²) in [4.78, 5) is 13.8. The third-order valence-electron chi connectivity index (χ3n) is 2.42. The normalized spacial score (nSPS) is 20.7. The maximum absolute atomic E-state index is 11.9. The highest BCUT2D eigenvalue weighted by Crippen LogP contribution is 2.13. The van der Waals surface area contributed by atoms with E-state index in [1.165, 1.54) is 0 Å². The molecule has 0 aromatic rings. The number of rotatable bonds is 2. The van der Waals surface area contributed by atoms with Crippen molar-refractivity contribution in [1.82, 2.24) is 4.90 Å². The monoisotopic (exact) mass is 217 g/mol. The summed E-state index contributed by atoms with van der Waals surface area (Å²) in [5, 5.41) is -0.173. The molecule has 82 valence electrons. The smallest absolute Gasteiger partial charge is 0.235 e. The van der Waals surface area contributed by atoms with E-state index in [0.717, 1.165) is 19.6 Å². The molecule has 1 amide bonds. The predicted octanol–water partition coefficient (Wildman–Crippen LogP) is 1.19. The molecule has 0 radical (unpaired) electrons. The van der Waals surface area contributed by atoms with Crippen molar-refractivity contribution >= 4 is 18.5 Å². The summed E-state index contributed by atoms with van der Waals surface area (Å²) in [6.07, 6.45) is 0.935. The standard InChI is InChI=1S/C10H19NO2S/c1-8(2)9(14)10(12)11-4-3-6-13-7-5-11/h8-9,14H,3-7H2,1-2H3. The van der Waals surface area contributed by atoms with E-state index >= 15 is 0 Å². The Labute approximate surface area is 91.2 Å². The highest BCUT2D eigenvalue weighted by molar-refractivity contribution is 7.81. The molecule has 1 rings (SSSR count). The van der Waals surface area contributed by atoms with Crippen molar-refractivity contribution in [1.29, 1.82) is 0 Å². The predicted molar refractivity (Wildman–Crippen MR) is 59.6 cm³/mol. The molecule has 1 unspecified atom stereocenters. The molecular formula is C10H19NO2S. The molecule has 4 heteroatoms. The molecule has 0 aliphatic carbocycles. The summed E-state index contributed by atoms with van der Waals surface area (Å²) < 4.78 is 5.30. The zero-order valence-electron chi connectivity index (χ0n) is 8.90. The minimum atomic E-state index is -0.173. The average Bonchev–Trinajstić information content (AvgIpc) is 2.43. The summed E-state index contributed by atoms with van der Waals surface area (Å²) in [7, 11) is 0. The van der Waals surface area contributed by atoms with E-state index in [-0.39, 0.29) is 17.1 Å². The van der Waals surface area contributed by atoms with Crippen LogP contribution < -0.4 is 0 Å². The Hall–Kier alpha value is -0.220. The fourth-order valence-corrected chi connectivity index (χ4v) is 1.60. The first-order valence-electron chi connectivity index (χ1n) is 5.17. The lowest BCUT2D eigenvalue weighted by Crippen LogP contribution is -2.40. The lowest BCUT2D eigenvalue weighted by Gasteiger charge is -2.24. The number of amides is 1. The molecule has 1 saturated heterocycles. The lowest BCUT2D eigenvalue weighted by molar-refractivity contribution is -0.131. The zero-order valence-corrected chi connectivity index (χ0v) is 9.80. The number of thiol groups is 1. The summed E-state index contributed by atoms with van der Waals surface area (Å²) in [5.74, 6) is 0.434. The van der Waals surface area contributed by atoms with Crippen LogP contribution in [0.15, 0.2) is 0 Å². The van der Waals surface area contributed by atoms with Crippen LogP contribution in [0.5, 0.6) is 0 Å². The molecule has 1 atom stereocenters. The quantitative estimate of drug-likeness (QED) is 0.704. The summed E-state index contributed by atoms with van der Waals surface area (Å²) in [5.41, 5.74) is 0. The summed E-state index contributed by atoms with van der Waals surface area (Å²) >= 11 is 4.33. The van der Waals surface area contributed by atoms with Crippen LogP contribution >= 0.6 is 12.6 Å². The molecule has 3 nitrogen and oxygen atoms in total. The molecule has 1 aliphatic heterocycles. The van der Waals surface area contributed by atoms with Crippen LogP contribution in [0.4, 0.5) is 0 Å². The van der Waals surface area contributed by atoms with Gasteiger partial charge in [-0.15, -0.1) is 0 Å². The van der Waals surface area contributed by atoms with Crippen molar-refractivity contribution < 1.29 is 9.53 Å². The largest absolute Gasteiger partial charge is 0.380 e. The zero-order chi connectivity index (χ0) is 10.6. The van der Waals surface area contributed by atoms with Crippen LogP contribution in [0.2, 0.25) is 0 Å². The van der Waals surface area contributed by atoms with Gasteiger partial charge in [0.05, 0.1) is 11.9 Å². The number of carbonyl (C=O) groups is 1. The van der Waals surface area contributed by atoms with Crippen molar-refractivity contribution in [2.75, 3.05) is 26.3 Å². The molecule has 0 N–H and O–H groups in total. The van der Waals surface area contributed by atoms with Crippen LogP contribution in [0, 0.1) is 5.92 Å². The average molecular weight is 217 g/mol. The van der Waals surface area contributed by atoms with Gasteiger partial charge in [-0.2, -0.15) is 12.6 Å². The van der Waals surface area contributed by atoms with Gasteiger partial charge in [-0.1, -0.05) is 13.8 Å². The molecule has 14 heavy (non-hydrogen) atoms. The van der Waals surface area contributed by atoms with E-state index < -0.39 is 0 Å². The van der Waals surface area contributed by atoms with Gasteiger partial charge in [-0.25, -0.2) is 0 Å². The van der Waals surface area contributed by atoms with Crippen LogP contribution in [-0.2, 0) is 9.53 Å². The van der Waals surface area contributed by atoms with Crippen molar-refractivity contribution in [3.63, 3.8) is 0 Å². The van der Waals surface area contributed by atoms with Gasteiger partial charge in [0.25, 0.3) is 0 Å². The van der Waals surface area contributed by atoms with Gasteiger partial charge in [0.1, 0.15) is 0 Å². The third-order valence-corrected chi connectivity index (χ3v) is 3.24. The Balaban J connectivity index is 2.49. The topological polar surface area (TPSA) is 29.5 Å². The van der Waals surface area contributed by atoms with E-state index in [1.807, 2.05) is 18.7 Å². The molecule has 0 saturated carbocycles. The minimum absolute atomic E-state index is 0.147. The van der Waals surface area contributed by atoms with E-state index in [1.54, 1.807) is 0 Å². The molecular weight excluding hydrogens is 198 g/mol. The molecule has 0 aromatic carbocycles. The number of nitrogens with zero attached hydrogens (tertiary/aromatic N) is 1. The molecule has 0 spiro atoms. The van der Waals surface area contributed by atoms with Crippen LogP contribution in [-0.4, -0.2) is 42.4 Å². The first-order chi connectivity index (χ1) is 6.63. The van der Waals surface area contributed by atoms with Crippen molar-refractivity contribution in [2.45, 2.75) is 25.5 Å². The number of ether oxygens (including phenoxy) is 1. The van der Waals surface area contributed by atoms with E-state index in [4.69, 9.17) is 4.74 Å². The van der Waals surface area contributed by atoms with Gasteiger partial charge in [0, 0.05) is 19.7 Å². The Kier molecular flexibility index (Phi) is 4.75. The van der Waals surface area contributed by atoms with E-state index in [9.17, 15) is 4.79 Å². The highest BCUT2D eigenvalue weighted by Gasteiger charge is 2.24. The van der Waals surface area contributed by atoms with Gasteiger partial charge in [-0.3, -0.25) is 4.79 Å². The molecule has 0 aromatic heterocycles. The second kappa shape index (κ2) is 5.61. The Morgan fingerprint density at radius 2 is 2.07 bits per heavy atom. The highest BCUT2D eigenvalue weighted by atomic mass is 32.1. The van der Waals surface area contributed by atoms with Gasteiger partial charge in [-0.05, 0) is 12.3 Å². The van der Waals surface area contributed by atoms with Gasteiger partial charge < -0.3 is 9.64 Å². The number of hydrogen-bond acceptors (Lipinski definition) is 3. The van der Waals surface area contributed by atoms with Crippen molar-refractivity contribution in [3.8, 4) is 0 Å². The second-order valence-electron chi connectivity index (χ2n) is 3.98. The third kappa shape index (κ3) is 3.17. The SMILES string of the molecule is CC(C)C(S)C(=O)N1CCCOCC1. The van der Waals surface area contributed by atoms with Crippen molar-refractivity contribution in [2.24, 2.45) is 5.92 Å². The lowest BCUT2D eigenvalue weighted by atomic mass is 10.1. The first-order valence-corrected chi connectivity index (χ1v) is 5.69. The second-order valence-corrected chi connectivity index (χ2v) is 4.54. The summed E-state index contributed by atoms with van der Waals surface area (Å²) in [6.45, 7) is 6.98. The molecule has 1 heterocycles. The number of hydrogen-bond donors (Lipinski definition) is 1. The fourth-order valence-electron chi connectivity index (χ4n) is 1.44. The van der Waals surface area contributed by atoms with Gasteiger partial charge in [0.15, 0.2) is 0 Å². The van der Waals surface area contributed by atoms with Gasteiger partial charge >= 0.3 is 0 Å². The van der Waals surface area contributed by atoms with Crippen LogP contribution in [0.3, 0.4) is 0 Å². The maximum Gasteiger partial charge on any atom is 0.235 e. The summed E-state index contributed by atoms with van der Waals surface area (Å²) in [6, 6.07) is 0.